The number of aryl methyl sites for hydroxylation is 2. The third kappa shape index (κ3) is 9.69. The predicted molar refractivity (Wildman–Crippen MR) is 284 cm³/mol. The molecule has 388 valence electrons. The van der Waals surface area contributed by atoms with Crippen LogP contribution >= 0.6 is 0 Å². The highest BCUT2D eigenvalue weighted by atomic mass is 19.1. The lowest BCUT2D eigenvalue weighted by Gasteiger charge is -2.36. The third-order valence-electron chi connectivity index (χ3n) is 13.4. The molecule has 0 spiro atoms. The van der Waals surface area contributed by atoms with Gasteiger partial charge in [-0.2, -0.15) is 0 Å². The van der Waals surface area contributed by atoms with Crippen molar-refractivity contribution in [3.63, 3.8) is 0 Å². The van der Waals surface area contributed by atoms with Crippen LogP contribution in [0.25, 0.3) is 78.4 Å². The number of carbonyl (C=O) groups excluding carboxylic acids is 2. The molecule has 0 bridgehead atoms. The van der Waals surface area contributed by atoms with E-state index < -0.39 is 11.6 Å². The molecule has 0 aliphatic carbocycles. The predicted octanol–water partition coefficient (Wildman–Crippen LogP) is 8.62. The molecule has 12 rings (SSSR count). The monoisotopic (exact) mass is 1040 g/mol. The van der Waals surface area contributed by atoms with E-state index in [1.807, 2.05) is 68.4 Å². The quantitative estimate of drug-likeness (QED) is 0.0979. The van der Waals surface area contributed by atoms with Gasteiger partial charge in [0.25, 0.3) is 0 Å². The van der Waals surface area contributed by atoms with Crippen LogP contribution in [0, 0.1) is 23.3 Å². The first kappa shape index (κ1) is 49.5. The molecule has 1 amide bonds. The molecule has 11 aromatic rings. The Morgan fingerprint density at radius 3 is 1.52 bits per heavy atom. The minimum atomic E-state index is -0.631. The summed E-state index contributed by atoms with van der Waals surface area (Å²) < 4.78 is 67.6. The van der Waals surface area contributed by atoms with Gasteiger partial charge in [-0.25, -0.2) is 47.5 Å². The smallest absolute Gasteiger partial charge is 0.311 e. The van der Waals surface area contributed by atoms with Gasteiger partial charge < -0.3 is 35.1 Å². The van der Waals surface area contributed by atoms with Crippen LogP contribution in [0.1, 0.15) is 18.3 Å². The molecule has 17 nitrogen and oxygen atoms in total. The number of halogens is 4. The Kier molecular flexibility index (Phi) is 13.0. The zero-order valence-electron chi connectivity index (χ0n) is 41.8. The number of hydrogen-bond donors (Lipinski definition) is 2. The van der Waals surface area contributed by atoms with Crippen LogP contribution in [0.4, 0.5) is 34.9 Å². The second-order valence-corrected chi connectivity index (χ2v) is 18.5. The molecule has 1 aliphatic rings. The summed E-state index contributed by atoms with van der Waals surface area (Å²) in [7, 11) is 3.83. The topological polar surface area (TPSA) is 198 Å². The van der Waals surface area contributed by atoms with Gasteiger partial charge in [0, 0.05) is 81.0 Å². The lowest BCUT2D eigenvalue weighted by Crippen LogP contribution is -2.49. The summed E-state index contributed by atoms with van der Waals surface area (Å²) in [5, 5.41) is 0. The number of nitrogens with two attached hydrogens (primary N) is 2. The summed E-state index contributed by atoms with van der Waals surface area (Å²) in [6, 6.07) is 27.3. The number of benzene rings is 5. The van der Waals surface area contributed by atoms with Crippen molar-refractivity contribution in [3.8, 4) is 45.0 Å². The van der Waals surface area contributed by atoms with E-state index in [0.717, 1.165) is 45.0 Å². The van der Waals surface area contributed by atoms with Crippen molar-refractivity contribution in [2.24, 2.45) is 14.1 Å². The van der Waals surface area contributed by atoms with E-state index >= 15 is 0 Å². The van der Waals surface area contributed by atoms with E-state index in [2.05, 4.69) is 24.9 Å². The SMILES string of the molecule is CCOC(=O)Cc1cn2c(-c3ccc4ncn(C)c4c3)c(-c3ccc(F)cc3)nc(N)c2n1.Cn1cnc2ccc(-c3c(-c4ccc(F)cc4)nc(N)c4nc(CC(=O)N5CCN(c6ccc(F)cc6F)CC5)cn34)cc21. The van der Waals surface area contributed by atoms with Crippen molar-refractivity contribution in [2.75, 3.05) is 49.2 Å². The van der Waals surface area contributed by atoms with Crippen molar-refractivity contribution < 1.29 is 31.9 Å². The Bertz CT molecular complexity index is 4070. The zero-order valence-corrected chi connectivity index (χ0v) is 41.8. The highest BCUT2D eigenvalue weighted by Gasteiger charge is 2.26. The Balaban J connectivity index is 0.000000171. The number of fused-ring (bicyclic) bond motifs is 4. The van der Waals surface area contributed by atoms with Crippen LogP contribution < -0.4 is 16.4 Å². The van der Waals surface area contributed by atoms with E-state index in [4.69, 9.17) is 21.2 Å². The van der Waals surface area contributed by atoms with Crippen LogP contribution in [-0.2, 0) is 41.3 Å². The first-order valence-electron chi connectivity index (χ1n) is 24.5. The number of imidazole rings is 4. The first-order chi connectivity index (χ1) is 37.2. The van der Waals surface area contributed by atoms with Gasteiger partial charge in [-0.1, -0.05) is 12.1 Å². The highest BCUT2D eigenvalue weighted by molar-refractivity contribution is 5.90. The third-order valence-corrected chi connectivity index (χ3v) is 13.4. The Hall–Kier alpha value is -9.66. The highest BCUT2D eigenvalue weighted by Crippen LogP contribution is 2.37. The number of amides is 1. The van der Waals surface area contributed by atoms with E-state index in [1.165, 1.54) is 36.4 Å². The fraction of sp³-hybridized carbons (Fsp3) is 0.179. The largest absolute Gasteiger partial charge is 0.466 e. The van der Waals surface area contributed by atoms with Crippen LogP contribution in [-0.4, -0.2) is 97.4 Å². The maximum atomic E-state index is 14.3. The molecule has 0 saturated carbocycles. The number of esters is 1. The van der Waals surface area contributed by atoms with Crippen LogP contribution in [0.3, 0.4) is 0 Å². The van der Waals surface area contributed by atoms with E-state index in [0.29, 0.717) is 89.4 Å². The fourth-order valence-corrected chi connectivity index (χ4v) is 9.68. The lowest BCUT2D eigenvalue weighted by molar-refractivity contribution is -0.142. The fourth-order valence-electron chi connectivity index (χ4n) is 9.68. The van der Waals surface area contributed by atoms with Gasteiger partial charge in [0.05, 0.1) is 94.0 Å². The Morgan fingerprint density at radius 1 is 0.571 bits per heavy atom. The minimum absolute atomic E-state index is 0.0149. The Morgan fingerprint density at radius 2 is 1.04 bits per heavy atom. The summed E-state index contributed by atoms with van der Waals surface area (Å²) >= 11 is 0. The minimum Gasteiger partial charge on any atom is -0.466 e. The van der Waals surface area contributed by atoms with Crippen molar-refractivity contribution in [1.29, 1.82) is 0 Å². The van der Waals surface area contributed by atoms with Gasteiger partial charge in [0.2, 0.25) is 5.91 Å². The molecule has 4 N–H and O–H groups in total. The molecule has 0 unspecified atom stereocenters. The van der Waals surface area contributed by atoms with Crippen molar-refractivity contribution in [2.45, 2.75) is 19.8 Å². The average Bonchev–Trinajstić information content (AvgIpc) is 4.41. The van der Waals surface area contributed by atoms with E-state index in [1.54, 1.807) is 66.0 Å². The molecule has 0 radical (unpaired) electrons. The maximum Gasteiger partial charge on any atom is 0.311 e. The van der Waals surface area contributed by atoms with Gasteiger partial charge in [-0.3, -0.25) is 18.4 Å². The summed E-state index contributed by atoms with van der Waals surface area (Å²) in [5.74, 6) is -2.09. The van der Waals surface area contributed by atoms with Gasteiger partial charge in [-0.05, 0) is 91.9 Å². The molecule has 6 aromatic heterocycles. The number of aromatic nitrogens is 10. The van der Waals surface area contributed by atoms with Crippen LogP contribution in [0.15, 0.2) is 128 Å². The number of nitrogens with zero attached hydrogens (tertiary/aromatic N) is 12. The summed E-state index contributed by atoms with van der Waals surface area (Å²) in [6.45, 7) is 3.65. The number of piperazine rings is 1. The van der Waals surface area contributed by atoms with Gasteiger partial charge >= 0.3 is 5.97 Å². The number of ether oxygens (including phenoxy) is 1. The molecule has 21 heteroatoms. The number of carbonyl (C=O) groups is 2. The van der Waals surface area contributed by atoms with E-state index in [9.17, 15) is 27.2 Å². The molecule has 1 saturated heterocycles. The molecule has 1 fully saturated rings. The number of hydrogen-bond acceptors (Lipinski definition) is 12. The second kappa shape index (κ2) is 20.2. The normalized spacial score (nSPS) is 12.7. The summed E-state index contributed by atoms with van der Waals surface area (Å²) in [4.78, 5) is 56.3. The molecular formula is C56H48F4N14O3. The van der Waals surface area contributed by atoms with Gasteiger partial charge in [0.15, 0.2) is 22.9 Å². The summed E-state index contributed by atoms with van der Waals surface area (Å²) in [5.41, 5.74) is 23.9. The molecule has 7 heterocycles. The molecule has 0 atom stereocenters. The lowest BCUT2D eigenvalue weighted by atomic mass is 10.0. The molecule has 77 heavy (non-hydrogen) atoms. The van der Waals surface area contributed by atoms with Crippen LogP contribution in [0.2, 0.25) is 0 Å². The number of rotatable bonds is 10. The molecule has 5 aromatic carbocycles. The molecule has 1 aliphatic heterocycles. The standard InChI is InChI=1S/C32H27F3N8O.C24H21FN6O2/c1-40-18-37-25-8-4-20(14-27(25)40)30-29(19-2-5-21(33)6-3-19)39-31(36)32-38-23(17-43(30)32)16-28(44)42-12-10-41(11-13-42)26-9-7-22(34)15-24(26)35;1-3-33-20(32)11-17-12-31-22(15-6-9-18-19(10-15)30(2)13-27-18)21(29-23(26)24(31)28-17)14-4-7-16(25)8-5-14/h2-9,14-15,17-18H,10-13,16H2,1H3,(H2,36,39);4-10,12-13H,3,11H2,1-2H3,(H2,26,29). The van der Waals surface area contributed by atoms with Crippen LogP contribution in [0.5, 0.6) is 0 Å². The maximum absolute atomic E-state index is 14.3. The first-order valence-corrected chi connectivity index (χ1v) is 24.5. The number of nitrogen functional groups attached to an aromatic ring is 2. The zero-order chi connectivity index (χ0) is 53.6. The summed E-state index contributed by atoms with van der Waals surface area (Å²) in [6.07, 6.45) is 7.08. The Labute approximate surface area is 436 Å². The van der Waals surface area contributed by atoms with Crippen molar-refractivity contribution >= 4 is 62.6 Å². The van der Waals surface area contributed by atoms with E-state index in [-0.39, 0.29) is 48.0 Å². The van der Waals surface area contributed by atoms with Crippen molar-refractivity contribution in [3.05, 3.63) is 163 Å². The average molecular weight is 1040 g/mol. The van der Waals surface area contributed by atoms with Gasteiger partial charge in [-0.15, -0.1) is 0 Å². The van der Waals surface area contributed by atoms with Crippen molar-refractivity contribution in [1.82, 2.24) is 52.7 Å². The second-order valence-electron chi connectivity index (χ2n) is 18.5. The number of anilines is 3. The molecular weight excluding hydrogens is 993 g/mol. The van der Waals surface area contributed by atoms with Gasteiger partial charge in [0.1, 0.15) is 23.3 Å².